The maximum Gasteiger partial charge on any atom is 0.255 e. The maximum absolute atomic E-state index is 12.8. The molecule has 2 aromatic carbocycles. The average molecular weight is 409 g/mol. The number of piperazine rings is 1. The zero-order valence-electron chi connectivity index (χ0n) is 15.2. The Kier molecular flexibility index (Phi) is 5.62. The molecule has 1 amide bonds. The zero-order valence-corrected chi connectivity index (χ0v) is 16.8. The molecule has 2 aromatic rings. The number of carbonyl (C=O) groups excluding carboxylic acids is 1. The first kappa shape index (κ1) is 19.5. The van der Waals surface area contributed by atoms with Crippen LogP contribution in [0.3, 0.4) is 0 Å². The van der Waals surface area contributed by atoms with E-state index in [0.717, 1.165) is 17.7 Å². The van der Waals surface area contributed by atoms with Gasteiger partial charge in [0.2, 0.25) is 0 Å². The van der Waals surface area contributed by atoms with E-state index in [-0.39, 0.29) is 21.4 Å². The number of ether oxygens (including phenoxy) is 1. The lowest BCUT2D eigenvalue weighted by Gasteiger charge is -2.36. The molecule has 1 saturated heterocycles. The third-order valence-electron chi connectivity index (χ3n) is 4.60. The van der Waals surface area contributed by atoms with E-state index in [2.05, 4.69) is 4.90 Å². The van der Waals surface area contributed by atoms with Crippen molar-refractivity contribution in [2.24, 2.45) is 0 Å². The van der Waals surface area contributed by atoms with Gasteiger partial charge in [0.25, 0.3) is 5.91 Å². The molecule has 3 rings (SSSR count). The minimum absolute atomic E-state index is 0.0899. The van der Waals surface area contributed by atoms with Crippen molar-refractivity contribution in [3.05, 3.63) is 53.1 Å². The predicted octanol–water partition coefficient (Wildman–Crippen LogP) is 2.71. The van der Waals surface area contributed by atoms with Gasteiger partial charge in [-0.3, -0.25) is 4.79 Å². The van der Waals surface area contributed by atoms with Crippen molar-refractivity contribution in [1.82, 2.24) is 4.90 Å². The number of hydrogen-bond donors (Lipinski definition) is 0. The van der Waals surface area contributed by atoms with Crippen LogP contribution in [0.4, 0.5) is 5.69 Å². The van der Waals surface area contributed by atoms with E-state index in [1.807, 2.05) is 24.3 Å². The number of amides is 1. The van der Waals surface area contributed by atoms with Crippen molar-refractivity contribution in [2.75, 3.05) is 44.4 Å². The van der Waals surface area contributed by atoms with Gasteiger partial charge < -0.3 is 14.5 Å². The molecule has 6 nitrogen and oxygen atoms in total. The van der Waals surface area contributed by atoms with Gasteiger partial charge in [0, 0.05) is 38.1 Å². The normalized spacial score (nSPS) is 14.9. The van der Waals surface area contributed by atoms with E-state index in [4.69, 9.17) is 16.3 Å². The molecular formula is C19H21ClN2O4S. The van der Waals surface area contributed by atoms with Crippen LogP contribution < -0.4 is 9.64 Å². The van der Waals surface area contributed by atoms with E-state index >= 15 is 0 Å². The monoisotopic (exact) mass is 408 g/mol. The zero-order chi connectivity index (χ0) is 19.6. The van der Waals surface area contributed by atoms with Gasteiger partial charge in [0.05, 0.1) is 22.6 Å². The van der Waals surface area contributed by atoms with Crippen molar-refractivity contribution in [2.45, 2.75) is 4.90 Å². The van der Waals surface area contributed by atoms with E-state index < -0.39 is 9.84 Å². The Morgan fingerprint density at radius 1 is 1.04 bits per heavy atom. The lowest BCUT2D eigenvalue weighted by molar-refractivity contribution is 0.0746. The molecular weight excluding hydrogens is 388 g/mol. The number of hydrogen-bond acceptors (Lipinski definition) is 5. The molecule has 1 aliphatic rings. The second kappa shape index (κ2) is 7.78. The summed E-state index contributed by atoms with van der Waals surface area (Å²) in [6.07, 6.45) is 1.11. The van der Waals surface area contributed by atoms with Crippen LogP contribution in [0.5, 0.6) is 5.75 Å². The van der Waals surface area contributed by atoms with Crippen LogP contribution in [0.25, 0.3) is 0 Å². The van der Waals surface area contributed by atoms with Gasteiger partial charge in [-0.25, -0.2) is 8.42 Å². The van der Waals surface area contributed by atoms with Crippen LogP contribution in [-0.4, -0.2) is 58.8 Å². The number of anilines is 1. The summed E-state index contributed by atoms with van der Waals surface area (Å²) >= 11 is 6.15. The minimum Gasteiger partial charge on any atom is -0.497 e. The molecule has 0 spiro atoms. The fourth-order valence-corrected chi connectivity index (χ4v) is 3.88. The first-order valence-electron chi connectivity index (χ1n) is 8.47. The van der Waals surface area contributed by atoms with Gasteiger partial charge in [-0.15, -0.1) is 0 Å². The highest BCUT2D eigenvalue weighted by atomic mass is 35.5. The Hall–Kier alpha value is -2.25. The number of carbonyl (C=O) groups is 1. The molecule has 0 aliphatic carbocycles. The highest BCUT2D eigenvalue weighted by Crippen LogP contribution is 2.24. The summed E-state index contributed by atoms with van der Waals surface area (Å²) in [6.45, 7) is 2.43. The van der Waals surface area contributed by atoms with Gasteiger partial charge in [0.15, 0.2) is 9.84 Å². The molecule has 8 heteroatoms. The van der Waals surface area contributed by atoms with Crippen molar-refractivity contribution < 1.29 is 17.9 Å². The van der Waals surface area contributed by atoms with Crippen LogP contribution in [0.2, 0.25) is 5.02 Å². The molecule has 1 heterocycles. The summed E-state index contributed by atoms with van der Waals surface area (Å²) < 4.78 is 28.7. The Morgan fingerprint density at radius 3 is 2.22 bits per heavy atom. The fraction of sp³-hybridized carbons (Fsp3) is 0.316. The predicted molar refractivity (Wildman–Crippen MR) is 106 cm³/mol. The fourth-order valence-electron chi connectivity index (χ4n) is 3.03. The Labute approximate surface area is 164 Å². The molecule has 0 atom stereocenters. The highest BCUT2D eigenvalue weighted by Gasteiger charge is 2.25. The summed E-state index contributed by atoms with van der Waals surface area (Å²) in [6, 6.07) is 12.0. The second-order valence-electron chi connectivity index (χ2n) is 6.39. The summed E-state index contributed by atoms with van der Waals surface area (Å²) in [7, 11) is -1.78. The topological polar surface area (TPSA) is 66.9 Å². The third-order valence-corrected chi connectivity index (χ3v) is 6.04. The average Bonchev–Trinajstić information content (AvgIpc) is 2.67. The Morgan fingerprint density at radius 2 is 1.67 bits per heavy atom. The number of nitrogens with zero attached hydrogens (tertiary/aromatic N) is 2. The maximum atomic E-state index is 12.8. The smallest absolute Gasteiger partial charge is 0.255 e. The van der Waals surface area contributed by atoms with Crippen LogP contribution >= 0.6 is 11.6 Å². The molecule has 0 saturated carbocycles. The molecule has 0 radical (unpaired) electrons. The molecule has 0 N–H and O–H groups in total. The van der Waals surface area contributed by atoms with Gasteiger partial charge in [0.1, 0.15) is 5.75 Å². The van der Waals surface area contributed by atoms with Crippen molar-refractivity contribution in [3.8, 4) is 5.75 Å². The molecule has 0 unspecified atom stereocenters. The van der Waals surface area contributed by atoms with E-state index in [1.165, 1.54) is 18.2 Å². The lowest BCUT2D eigenvalue weighted by Crippen LogP contribution is -2.48. The highest BCUT2D eigenvalue weighted by molar-refractivity contribution is 7.90. The number of methoxy groups -OCH3 is 1. The Balaban J connectivity index is 1.71. The van der Waals surface area contributed by atoms with Crippen molar-refractivity contribution in [3.63, 3.8) is 0 Å². The number of sulfone groups is 1. The van der Waals surface area contributed by atoms with Crippen LogP contribution in [0, 0.1) is 0 Å². The third kappa shape index (κ3) is 4.36. The van der Waals surface area contributed by atoms with Gasteiger partial charge in [-0.05, 0) is 42.5 Å². The first-order valence-corrected chi connectivity index (χ1v) is 10.7. The van der Waals surface area contributed by atoms with Gasteiger partial charge >= 0.3 is 0 Å². The molecule has 27 heavy (non-hydrogen) atoms. The van der Waals surface area contributed by atoms with Crippen LogP contribution in [0.1, 0.15) is 10.4 Å². The van der Waals surface area contributed by atoms with Crippen molar-refractivity contribution >= 4 is 33.0 Å². The van der Waals surface area contributed by atoms with E-state index in [0.29, 0.717) is 26.2 Å². The van der Waals surface area contributed by atoms with Crippen LogP contribution in [0.15, 0.2) is 47.4 Å². The summed E-state index contributed by atoms with van der Waals surface area (Å²) in [4.78, 5) is 16.8. The largest absolute Gasteiger partial charge is 0.497 e. The van der Waals surface area contributed by atoms with Crippen molar-refractivity contribution in [1.29, 1.82) is 0 Å². The van der Waals surface area contributed by atoms with E-state index in [1.54, 1.807) is 12.0 Å². The SMILES string of the molecule is COc1ccc(N2CCN(C(=O)c3cc(S(C)(=O)=O)ccc3Cl)CC2)cc1. The second-order valence-corrected chi connectivity index (χ2v) is 8.81. The molecule has 1 aliphatic heterocycles. The molecule has 144 valence electrons. The van der Waals surface area contributed by atoms with Gasteiger partial charge in [-0.2, -0.15) is 0 Å². The molecule has 1 fully saturated rings. The van der Waals surface area contributed by atoms with Crippen LogP contribution in [-0.2, 0) is 9.84 Å². The number of benzene rings is 2. The van der Waals surface area contributed by atoms with Gasteiger partial charge in [-0.1, -0.05) is 11.6 Å². The van der Waals surface area contributed by atoms with E-state index in [9.17, 15) is 13.2 Å². The Bertz CT molecular complexity index is 937. The number of halogens is 1. The lowest BCUT2D eigenvalue weighted by atomic mass is 10.1. The summed E-state index contributed by atoms with van der Waals surface area (Å²) in [5.41, 5.74) is 1.29. The molecule has 0 aromatic heterocycles. The first-order chi connectivity index (χ1) is 12.8. The quantitative estimate of drug-likeness (QED) is 0.778. The summed E-state index contributed by atoms with van der Waals surface area (Å²) in [5.74, 6) is 0.549. The number of rotatable bonds is 4. The standard InChI is InChI=1S/C19H21ClN2O4S/c1-26-15-5-3-14(4-6-15)21-9-11-22(12-10-21)19(23)17-13-16(27(2,24)25)7-8-18(17)20/h3-8,13H,9-12H2,1-2H3. The summed E-state index contributed by atoms with van der Waals surface area (Å²) in [5, 5.41) is 0.255. The minimum atomic E-state index is -3.40. The molecule has 0 bridgehead atoms.